The Morgan fingerprint density at radius 2 is 2.44 bits per heavy atom. The number of epoxide rings is 1. The van der Waals surface area contributed by atoms with Crippen molar-refractivity contribution in [3.8, 4) is 0 Å². The summed E-state index contributed by atoms with van der Waals surface area (Å²) in [6, 6.07) is 0. The second-order valence-electron chi connectivity index (χ2n) is 2.29. The second kappa shape index (κ2) is 2.82. The first-order valence-corrected chi connectivity index (χ1v) is 3.04. The fraction of sp³-hybridized carbons (Fsp3) is 0.833. The van der Waals surface area contributed by atoms with E-state index in [1.807, 2.05) is 13.8 Å². The first-order chi connectivity index (χ1) is 4.29. The van der Waals surface area contributed by atoms with Crippen LogP contribution < -0.4 is 0 Å². The van der Waals surface area contributed by atoms with Gasteiger partial charge in [0.15, 0.2) is 0 Å². The Kier molecular flexibility index (Phi) is 2.05. The van der Waals surface area contributed by atoms with Crippen LogP contribution in [0.2, 0.25) is 0 Å². The van der Waals surface area contributed by atoms with Crippen LogP contribution in [0, 0.1) is 0 Å². The molecule has 0 spiro atoms. The Balaban J connectivity index is 1.97. The normalized spacial score (nSPS) is 23.1. The molecule has 1 fully saturated rings. The maximum atomic E-state index is 4.90. The summed E-state index contributed by atoms with van der Waals surface area (Å²) in [7, 11) is 0. The molecule has 1 rings (SSSR count). The molecule has 0 saturated carbocycles. The molecule has 0 aromatic carbocycles. The van der Waals surface area contributed by atoms with Gasteiger partial charge in [0.1, 0.15) is 12.7 Å². The lowest BCUT2D eigenvalue weighted by Crippen LogP contribution is -1.97. The minimum Gasteiger partial charge on any atom is -0.393 e. The molecule has 1 aliphatic heterocycles. The Hall–Kier alpha value is -0.570. The molecule has 0 radical (unpaired) electrons. The van der Waals surface area contributed by atoms with E-state index in [4.69, 9.17) is 9.57 Å². The van der Waals surface area contributed by atoms with Crippen molar-refractivity contribution in [2.75, 3.05) is 13.2 Å². The third-order valence-corrected chi connectivity index (χ3v) is 0.910. The van der Waals surface area contributed by atoms with Crippen LogP contribution in [0.15, 0.2) is 5.16 Å². The topological polar surface area (TPSA) is 34.1 Å². The minimum atomic E-state index is 0.313. The monoisotopic (exact) mass is 129 g/mol. The predicted molar refractivity (Wildman–Crippen MR) is 34.5 cm³/mol. The van der Waals surface area contributed by atoms with Gasteiger partial charge in [0.05, 0.1) is 12.3 Å². The van der Waals surface area contributed by atoms with Gasteiger partial charge < -0.3 is 9.57 Å². The highest BCUT2D eigenvalue weighted by Gasteiger charge is 2.22. The Bertz CT molecular complexity index is 114. The van der Waals surface area contributed by atoms with Gasteiger partial charge in [0, 0.05) is 0 Å². The van der Waals surface area contributed by atoms with Gasteiger partial charge in [-0.2, -0.15) is 0 Å². The predicted octanol–water partition coefficient (Wildman–Crippen LogP) is 0.798. The molecule has 0 aliphatic carbocycles. The van der Waals surface area contributed by atoms with Gasteiger partial charge >= 0.3 is 0 Å². The molecule has 52 valence electrons. The van der Waals surface area contributed by atoms with E-state index in [9.17, 15) is 0 Å². The van der Waals surface area contributed by atoms with E-state index < -0.39 is 0 Å². The van der Waals surface area contributed by atoms with Crippen molar-refractivity contribution >= 4 is 5.71 Å². The molecule has 1 saturated heterocycles. The van der Waals surface area contributed by atoms with E-state index in [1.165, 1.54) is 0 Å². The van der Waals surface area contributed by atoms with E-state index >= 15 is 0 Å². The highest BCUT2D eigenvalue weighted by Crippen LogP contribution is 2.08. The fourth-order valence-corrected chi connectivity index (χ4v) is 0.414. The quantitative estimate of drug-likeness (QED) is 0.321. The average Bonchev–Trinajstić information content (AvgIpc) is 2.48. The molecule has 1 heterocycles. The number of oxime groups is 1. The largest absolute Gasteiger partial charge is 0.393 e. The lowest BCUT2D eigenvalue weighted by molar-refractivity contribution is 0.124. The molecule has 1 atom stereocenters. The SMILES string of the molecule is CC(C)=NOC[C@@H]1CO1. The molecule has 0 bridgehead atoms. The molecular formula is C6H11NO2. The maximum Gasteiger partial charge on any atom is 0.145 e. The molecule has 9 heavy (non-hydrogen) atoms. The second-order valence-corrected chi connectivity index (χ2v) is 2.29. The number of hydrogen-bond acceptors (Lipinski definition) is 3. The van der Waals surface area contributed by atoms with Gasteiger partial charge in [0.25, 0.3) is 0 Å². The summed E-state index contributed by atoms with van der Waals surface area (Å²) in [6.45, 7) is 5.23. The van der Waals surface area contributed by atoms with Crippen molar-refractivity contribution in [3.63, 3.8) is 0 Å². The third-order valence-electron chi connectivity index (χ3n) is 0.910. The smallest absolute Gasteiger partial charge is 0.145 e. The number of hydrogen-bond donors (Lipinski definition) is 0. The van der Waals surface area contributed by atoms with Crippen LogP contribution in [-0.4, -0.2) is 25.0 Å². The first-order valence-electron chi connectivity index (χ1n) is 3.04. The van der Waals surface area contributed by atoms with Crippen molar-refractivity contribution < 1.29 is 9.57 Å². The summed E-state index contributed by atoms with van der Waals surface area (Å²) in [5, 5.41) is 3.74. The lowest BCUT2D eigenvalue weighted by atomic mass is 10.5. The zero-order valence-corrected chi connectivity index (χ0v) is 5.76. The van der Waals surface area contributed by atoms with Crippen molar-refractivity contribution in [1.82, 2.24) is 0 Å². The van der Waals surface area contributed by atoms with E-state index in [-0.39, 0.29) is 0 Å². The zero-order chi connectivity index (χ0) is 6.69. The number of ether oxygens (including phenoxy) is 1. The van der Waals surface area contributed by atoms with E-state index in [0.29, 0.717) is 12.7 Å². The molecule has 0 amide bonds. The van der Waals surface area contributed by atoms with Crippen molar-refractivity contribution in [1.29, 1.82) is 0 Å². The average molecular weight is 129 g/mol. The Labute approximate surface area is 54.6 Å². The maximum absolute atomic E-state index is 4.90. The van der Waals surface area contributed by atoms with Gasteiger partial charge in [-0.3, -0.25) is 0 Å². The number of rotatable bonds is 3. The van der Waals surface area contributed by atoms with Gasteiger partial charge in [-0.05, 0) is 13.8 Å². The minimum absolute atomic E-state index is 0.313. The Morgan fingerprint density at radius 3 is 2.89 bits per heavy atom. The van der Waals surface area contributed by atoms with Gasteiger partial charge in [-0.1, -0.05) is 5.16 Å². The number of nitrogens with zero attached hydrogens (tertiary/aromatic N) is 1. The highest BCUT2D eigenvalue weighted by molar-refractivity contribution is 5.78. The van der Waals surface area contributed by atoms with Crippen molar-refractivity contribution in [2.24, 2.45) is 5.16 Å². The molecular weight excluding hydrogens is 118 g/mol. The van der Waals surface area contributed by atoms with E-state index in [1.54, 1.807) is 0 Å². The summed E-state index contributed by atoms with van der Waals surface area (Å²) < 4.78 is 4.90. The van der Waals surface area contributed by atoms with E-state index in [2.05, 4.69) is 5.16 Å². The van der Waals surface area contributed by atoms with Crippen molar-refractivity contribution in [3.05, 3.63) is 0 Å². The molecule has 1 aliphatic rings. The van der Waals surface area contributed by atoms with Crippen LogP contribution in [0.4, 0.5) is 0 Å². The van der Waals surface area contributed by atoms with Crippen LogP contribution in [-0.2, 0) is 9.57 Å². The summed E-state index contributed by atoms with van der Waals surface area (Å²) in [5.41, 5.74) is 0.940. The summed E-state index contributed by atoms with van der Waals surface area (Å²) in [4.78, 5) is 4.88. The molecule has 3 heteroatoms. The van der Waals surface area contributed by atoms with Crippen LogP contribution >= 0.6 is 0 Å². The third kappa shape index (κ3) is 3.08. The van der Waals surface area contributed by atoms with Crippen LogP contribution in [0.5, 0.6) is 0 Å². The first kappa shape index (κ1) is 6.55. The molecule has 0 aromatic heterocycles. The lowest BCUT2D eigenvalue weighted by Gasteiger charge is -1.93. The zero-order valence-electron chi connectivity index (χ0n) is 5.76. The van der Waals surface area contributed by atoms with Crippen LogP contribution in [0.1, 0.15) is 13.8 Å². The standard InChI is InChI=1S/C6H11NO2/c1-5(2)7-9-4-6-3-8-6/h6H,3-4H2,1-2H3/t6-/m0/s1. The van der Waals surface area contributed by atoms with Gasteiger partial charge in [-0.15, -0.1) is 0 Å². The summed E-state index contributed by atoms with van der Waals surface area (Å²) >= 11 is 0. The summed E-state index contributed by atoms with van der Waals surface area (Å²) in [6.07, 6.45) is 0.313. The molecule has 0 unspecified atom stereocenters. The van der Waals surface area contributed by atoms with E-state index in [0.717, 1.165) is 12.3 Å². The fourth-order valence-electron chi connectivity index (χ4n) is 0.414. The van der Waals surface area contributed by atoms with Crippen LogP contribution in [0.3, 0.4) is 0 Å². The Morgan fingerprint density at radius 1 is 1.78 bits per heavy atom. The van der Waals surface area contributed by atoms with Gasteiger partial charge in [-0.25, -0.2) is 0 Å². The molecule has 0 aromatic rings. The van der Waals surface area contributed by atoms with Crippen LogP contribution in [0.25, 0.3) is 0 Å². The summed E-state index contributed by atoms with van der Waals surface area (Å²) in [5.74, 6) is 0. The van der Waals surface area contributed by atoms with Crippen molar-refractivity contribution in [2.45, 2.75) is 20.0 Å². The molecule has 3 nitrogen and oxygen atoms in total. The molecule has 0 N–H and O–H groups in total. The highest BCUT2D eigenvalue weighted by atomic mass is 16.7. The van der Waals surface area contributed by atoms with Gasteiger partial charge in [0.2, 0.25) is 0 Å².